The second-order valence-electron chi connectivity index (χ2n) is 7.51. The summed E-state index contributed by atoms with van der Waals surface area (Å²) in [6.45, 7) is 2.42. The maximum absolute atomic E-state index is 12.9. The second kappa shape index (κ2) is 6.93. The van der Waals surface area contributed by atoms with Crippen LogP contribution in [-0.2, 0) is 35.8 Å². The maximum atomic E-state index is 12.9. The lowest BCUT2D eigenvalue weighted by Crippen LogP contribution is -2.52. The van der Waals surface area contributed by atoms with Crippen LogP contribution in [0.1, 0.15) is 45.6 Å². The van der Waals surface area contributed by atoms with Gasteiger partial charge in [-0.05, 0) is 23.6 Å². The van der Waals surface area contributed by atoms with Crippen LogP contribution in [0.15, 0.2) is 24.4 Å². The van der Waals surface area contributed by atoms with Gasteiger partial charge in [0.25, 0.3) is 5.91 Å². The van der Waals surface area contributed by atoms with Crippen LogP contribution in [0.2, 0.25) is 0 Å². The number of piperidine rings is 1. The minimum atomic E-state index is -0.595. The van der Waals surface area contributed by atoms with Crippen LogP contribution >= 0.6 is 0 Å². The van der Waals surface area contributed by atoms with Crippen molar-refractivity contribution in [3.8, 4) is 0 Å². The molecule has 0 bridgehead atoms. The first kappa shape index (κ1) is 17.7. The van der Waals surface area contributed by atoms with Crippen molar-refractivity contribution in [3.63, 3.8) is 0 Å². The maximum Gasteiger partial charge on any atom is 0.255 e. The topological polar surface area (TPSA) is 116 Å². The van der Waals surface area contributed by atoms with Crippen molar-refractivity contribution in [2.24, 2.45) is 0 Å². The number of nitrogens with zero attached hydrogens (tertiary/aromatic N) is 3. The average Bonchev–Trinajstić information content (AvgIpc) is 3.31. The quantitative estimate of drug-likeness (QED) is 0.647. The number of carbonyl (C=O) groups excluding carboxylic acids is 3. The van der Waals surface area contributed by atoms with Gasteiger partial charge in [-0.15, -0.1) is 0 Å². The molecule has 3 aliphatic heterocycles. The van der Waals surface area contributed by atoms with E-state index in [1.165, 1.54) is 0 Å². The Labute approximate surface area is 166 Å². The minimum absolute atomic E-state index is 0.170. The molecule has 1 aromatic carbocycles. The highest BCUT2D eigenvalue weighted by Crippen LogP contribution is 2.28. The largest absolute Gasteiger partial charge is 0.350 e. The summed E-state index contributed by atoms with van der Waals surface area (Å²) in [5, 5.41) is 8.77. The van der Waals surface area contributed by atoms with E-state index >= 15 is 0 Å². The summed E-state index contributed by atoms with van der Waals surface area (Å²) in [5.74, 6) is -0.290. The van der Waals surface area contributed by atoms with Crippen molar-refractivity contribution in [1.82, 2.24) is 25.5 Å². The first-order valence-electron chi connectivity index (χ1n) is 9.64. The van der Waals surface area contributed by atoms with Crippen LogP contribution in [0.5, 0.6) is 0 Å². The summed E-state index contributed by atoms with van der Waals surface area (Å²) in [6.07, 6.45) is 2.44. The van der Waals surface area contributed by atoms with Crippen LogP contribution in [0, 0.1) is 0 Å². The van der Waals surface area contributed by atoms with Gasteiger partial charge in [-0.1, -0.05) is 12.1 Å². The van der Waals surface area contributed by atoms with Gasteiger partial charge >= 0.3 is 0 Å². The van der Waals surface area contributed by atoms with Gasteiger partial charge in [-0.3, -0.25) is 19.7 Å². The normalized spacial score (nSPS) is 20.5. The summed E-state index contributed by atoms with van der Waals surface area (Å²) in [4.78, 5) is 46.8. The molecule has 1 saturated heterocycles. The Hall–Kier alpha value is -3.33. The number of amides is 3. The molecule has 0 spiro atoms. The number of carbonyl (C=O) groups is 3. The van der Waals surface area contributed by atoms with E-state index in [9.17, 15) is 14.4 Å². The molecule has 2 aromatic rings. The number of imide groups is 1. The third-order valence-corrected chi connectivity index (χ3v) is 5.61. The van der Waals surface area contributed by atoms with Gasteiger partial charge in [-0.2, -0.15) is 0 Å². The van der Waals surface area contributed by atoms with Gasteiger partial charge in [0.2, 0.25) is 17.8 Å². The van der Waals surface area contributed by atoms with E-state index in [2.05, 4.69) is 25.9 Å². The molecule has 29 heavy (non-hydrogen) atoms. The van der Waals surface area contributed by atoms with E-state index in [4.69, 9.17) is 0 Å². The molecule has 0 saturated carbocycles. The molecule has 1 unspecified atom stereocenters. The Morgan fingerprint density at radius 1 is 1.17 bits per heavy atom. The lowest BCUT2D eigenvalue weighted by molar-refractivity contribution is -0.136. The zero-order valence-electron chi connectivity index (χ0n) is 15.7. The van der Waals surface area contributed by atoms with E-state index in [1.807, 2.05) is 24.4 Å². The van der Waals surface area contributed by atoms with Crippen LogP contribution in [-0.4, -0.2) is 38.6 Å². The van der Waals surface area contributed by atoms with Gasteiger partial charge < -0.3 is 15.5 Å². The Bertz CT molecular complexity index is 1040. The summed E-state index contributed by atoms with van der Waals surface area (Å²) in [7, 11) is 0. The first-order valence-corrected chi connectivity index (χ1v) is 9.64. The highest BCUT2D eigenvalue weighted by Gasteiger charge is 2.39. The van der Waals surface area contributed by atoms with E-state index < -0.39 is 11.9 Å². The number of nitrogens with one attached hydrogen (secondary N) is 3. The van der Waals surface area contributed by atoms with Crippen LogP contribution in [0.4, 0.5) is 5.95 Å². The Kier molecular flexibility index (Phi) is 4.24. The van der Waals surface area contributed by atoms with Crippen LogP contribution < -0.4 is 16.0 Å². The third-order valence-electron chi connectivity index (χ3n) is 5.61. The molecule has 4 heterocycles. The smallest absolute Gasteiger partial charge is 0.255 e. The standard InChI is InChI=1S/C20H20N6O3/c27-17-4-3-16(18(28)25-17)26-10-12-2-1-11(5-14(12)19(26)29)6-22-20-23-8-13-7-21-9-15(13)24-20/h1-2,5,8,16,21H,3-4,6-7,9-10H2,(H,22,23,24)(H,25,27,28). The molecular formula is C20H20N6O3. The molecule has 5 rings (SSSR count). The number of benzene rings is 1. The molecular weight excluding hydrogens is 372 g/mol. The predicted molar refractivity (Wildman–Crippen MR) is 102 cm³/mol. The van der Waals surface area contributed by atoms with Crippen LogP contribution in [0.3, 0.4) is 0 Å². The molecule has 1 atom stereocenters. The fourth-order valence-electron chi connectivity index (χ4n) is 4.04. The van der Waals surface area contributed by atoms with Gasteiger partial charge in [0.1, 0.15) is 6.04 Å². The minimum Gasteiger partial charge on any atom is -0.350 e. The zero-order valence-corrected chi connectivity index (χ0v) is 15.7. The number of hydrogen-bond acceptors (Lipinski definition) is 7. The fraction of sp³-hybridized carbons (Fsp3) is 0.350. The average molecular weight is 392 g/mol. The molecule has 3 aliphatic rings. The van der Waals surface area contributed by atoms with Crippen molar-refractivity contribution in [3.05, 3.63) is 52.3 Å². The number of anilines is 1. The van der Waals surface area contributed by atoms with Gasteiger partial charge in [0.05, 0.1) is 5.69 Å². The molecule has 3 amide bonds. The van der Waals surface area contributed by atoms with Crippen molar-refractivity contribution >= 4 is 23.7 Å². The summed E-state index contributed by atoms with van der Waals surface area (Å²) < 4.78 is 0. The first-order chi connectivity index (χ1) is 14.1. The molecule has 1 aromatic heterocycles. The molecule has 0 aliphatic carbocycles. The van der Waals surface area contributed by atoms with Crippen molar-refractivity contribution < 1.29 is 14.4 Å². The van der Waals surface area contributed by atoms with Gasteiger partial charge in [0, 0.05) is 49.9 Å². The van der Waals surface area contributed by atoms with Crippen molar-refractivity contribution in [2.75, 3.05) is 5.32 Å². The van der Waals surface area contributed by atoms with Crippen LogP contribution in [0.25, 0.3) is 0 Å². The van der Waals surface area contributed by atoms with Gasteiger partial charge in [-0.25, -0.2) is 9.97 Å². The SMILES string of the molecule is O=C1CCC(N2Cc3ccc(CNc4ncc5c(n4)CNC5)cc3C2=O)C(=O)N1. The highest BCUT2D eigenvalue weighted by molar-refractivity contribution is 6.05. The predicted octanol–water partition coefficient (Wildman–Crippen LogP) is 0.453. The second-order valence-corrected chi connectivity index (χ2v) is 7.51. The zero-order chi connectivity index (χ0) is 20.0. The van der Waals surface area contributed by atoms with Crippen molar-refractivity contribution in [1.29, 1.82) is 0 Å². The van der Waals surface area contributed by atoms with E-state index in [0.717, 1.165) is 35.5 Å². The molecule has 148 valence electrons. The van der Waals surface area contributed by atoms with E-state index in [-0.39, 0.29) is 18.2 Å². The summed E-state index contributed by atoms with van der Waals surface area (Å²) in [6, 6.07) is 5.14. The lowest BCUT2D eigenvalue weighted by atomic mass is 10.0. The molecule has 9 heteroatoms. The Morgan fingerprint density at radius 2 is 2.07 bits per heavy atom. The molecule has 1 fully saturated rings. The summed E-state index contributed by atoms with van der Waals surface area (Å²) >= 11 is 0. The number of fused-ring (bicyclic) bond motifs is 2. The highest BCUT2D eigenvalue weighted by atomic mass is 16.2. The lowest BCUT2D eigenvalue weighted by Gasteiger charge is -2.29. The van der Waals surface area contributed by atoms with Crippen molar-refractivity contribution in [2.45, 2.75) is 45.1 Å². The fourth-order valence-corrected chi connectivity index (χ4v) is 4.04. The van der Waals surface area contributed by atoms with E-state index in [1.54, 1.807) is 4.90 Å². The van der Waals surface area contributed by atoms with Gasteiger partial charge in [0.15, 0.2) is 0 Å². The number of aromatic nitrogens is 2. The molecule has 0 radical (unpaired) electrons. The number of hydrogen-bond donors (Lipinski definition) is 3. The molecule has 9 nitrogen and oxygen atoms in total. The third kappa shape index (κ3) is 3.23. The Balaban J connectivity index is 1.29. The number of rotatable bonds is 4. The Morgan fingerprint density at radius 3 is 2.93 bits per heavy atom. The summed E-state index contributed by atoms with van der Waals surface area (Å²) in [5.41, 5.74) is 4.56. The monoisotopic (exact) mass is 392 g/mol. The molecule has 3 N–H and O–H groups in total. The van der Waals surface area contributed by atoms with E-state index in [0.29, 0.717) is 31.0 Å².